The number of hydrogen-bond donors (Lipinski definition) is 1. The summed E-state index contributed by atoms with van der Waals surface area (Å²) >= 11 is 0. The Hall–Kier alpha value is -1.14. The number of aliphatic hydroxyl groups excluding tert-OH is 1. The van der Waals surface area contributed by atoms with Gasteiger partial charge in [-0.2, -0.15) is 0 Å². The van der Waals surface area contributed by atoms with Crippen molar-refractivity contribution in [1.82, 2.24) is 4.90 Å². The first-order chi connectivity index (χ1) is 30.5. The lowest BCUT2D eigenvalue weighted by atomic mass is 9.44. The Balaban J connectivity index is 0.988. The lowest BCUT2D eigenvalue weighted by Gasteiger charge is -2.61. The second-order valence-corrected chi connectivity index (χ2v) is 23.1. The largest absolute Gasteiger partial charge is 0.466 e. The van der Waals surface area contributed by atoms with Crippen LogP contribution in [0.4, 0.5) is 0 Å². The molecule has 0 aromatic rings. The molecule has 4 saturated carbocycles. The van der Waals surface area contributed by atoms with Gasteiger partial charge < -0.3 is 19.5 Å². The van der Waals surface area contributed by atoms with Crippen molar-refractivity contribution in [3.05, 3.63) is 0 Å². The average Bonchev–Trinajstić information content (AvgIpc) is 3.62. The molecule has 9 unspecified atom stereocenters. The molecule has 0 spiro atoms. The van der Waals surface area contributed by atoms with E-state index in [4.69, 9.17) is 9.47 Å². The van der Waals surface area contributed by atoms with Crippen LogP contribution in [0, 0.1) is 52.3 Å². The number of unbranched alkanes of at least 4 members (excludes halogenated alkanes) is 17. The van der Waals surface area contributed by atoms with Crippen LogP contribution < -0.4 is 0 Å². The van der Waals surface area contributed by atoms with E-state index in [2.05, 4.69) is 46.4 Å². The molecular weight excluding hydrogens is 779 g/mol. The van der Waals surface area contributed by atoms with Gasteiger partial charge in [0.2, 0.25) is 0 Å². The number of carbonyl (C=O) groups excluding carboxylic acids is 2. The molecule has 4 fully saturated rings. The van der Waals surface area contributed by atoms with Crippen LogP contribution in [-0.4, -0.2) is 60.9 Å². The van der Waals surface area contributed by atoms with Gasteiger partial charge >= 0.3 is 11.9 Å². The highest BCUT2D eigenvalue weighted by Crippen LogP contribution is 2.68. The molecule has 0 bridgehead atoms. The van der Waals surface area contributed by atoms with Crippen LogP contribution in [0.3, 0.4) is 0 Å². The molecule has 4 aliphatic carbocycles. The summed E-state index contributed by atoms with van der Waals surface area (Å²) in [5.74, 6) is 5.97. The summed E-state index contributed by atoms with van der Waals surface area (Å²) in [5.41, 5.74) is 0.971. The van der Waals surface area contributed by atoms with E-state index in [-0.39, 0.29) is 24.6 Å². The first-order valence-corrected chi connectivity index (χ1v) is 28.2. The standard InChI is InChI=1S/C57H105NO5/c1-7-8-9-10-11-12-13-14-15-16-17-18-19-20-22-30-54(60)62-44-26-25-41-58(42-43-59)40-24-21-23-31-55(61)63-49-36-38-56(5)48(45-49)32-33-50-52-35-34-51(47(4)29-27-28-46(2)3)57(52,6)39-37-53(50)56/h46-53,59H,7-45H2,1-6H3. The van der Waals surface area contributed by atoms with Gasteiger partial charge in [-0.15, -0.1) is 0 Å². The number of nitrogens with zero attached hydrogens (tertiary/aromatic N) is 1. The zero-order chi connectivity index (χ0) is 45.3. The topological polar surface area (TPSA) is 76.1 Å². The Morgan fingerprint density at radius 3 is 1.81 bits per heavy atom. The van der Waals surface area contributed by atoms with Gasteiger partial charge in [0, 0.05) is 19.4 Å². The van der Waals surface area contributed by atoms with Gasteiger partial charge in [-0.3, -0.25) is 9.59 Å². The number of ether oxygens (including phenoxy) is 2. The first-order valence-electron chi connectivity index (χ1n) is 28.2. The average molecular weight is 884 g/mol. The zero-order valence-electron chi connectivity index (χ0n) is 42.7. The molecule has 6 nitrogen and oxygen atoms in total. The van der Waals surface area contributed by atoms with Gasteiger partial charge in [-0.1, -0.05) is 157 Å². The molecular formula is C57H105NO5. The lowest BCUT2D eigenvalue weighted by Crippen LogP contribution is -2.54. The monoisotopic (exact) mass is 884 g/mol. The van der Waals surface area contributed by atoms with E-state index in [1.54, 1.807) is 0 Å². The predicted molar refractivity (Wildman–Crippen MR) is 265 cm³/mol. The zero-order valence-corrected chi connectivity index (χ0v) is 42.7. The molecule has 9 atom stereocenters. The molecule has 1 N–H and O–H groups in total. The van der Waals surface area contributed by atoms with Gasteiger partial charge in [0.05, 0.1) is 13.2 Å². The molecule has 0 amide bonds. The van der Waals surface area contributed by atoms with Crippen LogP contribution >= 0.6 is 0 Å². The van der Waals surface area contributed by atoms with Crippen molar-refractivity contribution < 1.29 is 24.2 Å². The van der Waals surface area contributed by atoms with Gasteiger partial charge in [0.15, 0.2) is 0 Å². The molecule has 63 heavy (non-hydrogen) atoms. The van der Waals surface area contributed by atoms with Crippen LogP contribution in [0.1, 0.15) is 260 Å². The minimum atomic E-state index is -0.0499. The highest BCUT2D eigenvalue weighted by Gasteiger charge is 2.60. The summed E-state index contributed by atoms with van der Waals surface area (Å²) in [4.78, 5) is 27.6. The number of rotatable bonds is 35. The van der Waals surface area contributed by atoms with Crippen molar-refractivity contribution in [2.45, 2.75) is 266 Å². The van der Waals surface area contributed by atoms with Gasteiger partial charge in [-0.05, 0) is 155 Å². The van der Waals surface area contributed by atoms with Gasteiger partial charge in [-0.25, -0.2) is 0 Å². The second kappa shape index (κ2) is 30.3. The fourth-order valence-electron chi connectivity index (χ4n) is 14.2. The van der Waals surface area contributed by atoms with Crippen molar-refractivity contribution in [2.24, 2.45) is 52.3 Å². The maximum Gasteiger partial charge on any atom is 0.306 e. The second-order valence-electron chi connectivity index (χ2n) is 23.1. The van der Waals surface area contributed by atoms with E-state index in [1.807, 2.05) is 0 Å². The van der Waals surface area contributed by atoms with E-state index in [0.717, 1.165) is 106 Å². The quantitative estimate of drug-likeness (QED) is 0.0505. The number of hydrogen-bond acceptors (Lipinski definition) is 6. The Morgan fingerprint density at radius 1 is 0.603 bits per heavy atom. The molecule has 4 aliphatic rings. The summed E-state index contributed by atoms with van der Waals surface area (Å²) in [5, 5.41) is 9.66. The molecule has 0 saturated heterocycles. The van der Waals surface area contributed by atoms with Crippen LogP contribution in [0.25, 0.3) is 0 Å². The molecule has 4 rings (SSSR count). The van der Waals surface area contributed by atoms with E-state index < -0.39 is 0 Å². The molecule has 0 aliphatic heterocycles. The van der Waals surface area contributed by atoms with Crippen molar-refractivity contribution in [2.75, 3.05) is 32.8 Å². The maximum atomic E-state index is 13.1. The third-order valence-corrected chi connectivity index (χ3v) is 18.0. The lowest BCUT2D eigenvalue weighted by molar-refractivity contribution is -0.163. The SMILES string of the molecule is CCCCCCCCCCCCCCCCCC(=O)OCCCCN(CCO)CCCCCC(=O)OC1CCC2(C)C(CCC3C2CCC2(C)C(C(C)CCCC(C)C)CCC32)C1. The van der Waals surface area contributed by atoms with Crippen molar-refractivity contribution in [3.63, 3.8) is 0 Å². The van der Waals surface area contributed by atoms with Crippen molar-refractivity contribution >= 4 is 11.9 Å². The summed E-state index contributed by atoms with van der Waals surface area (Å²) in [6.07, 6.45) is 41.9. The smallest absolute Gasteiger partial charge is 0.306 e. The Labute approximate surface area is 390 Å². The number of esters is 2. The van der Waals surface area contributed by atoms with E-state index in [1.165, 1.54) is 148 Å². The van der Waals surface area contributed by atoms with Crippen molar-refractivity contribution in [3.8, 4) is 0 Å². The van der Waals surface area contributed by atoms with Crippen LogP contribution in [-0.2, 0) is 19.1 Å². The third kappa shape index (κ3) is 18.5. The summed E-state index contributed by atoms with van der Waals surface area (Å²) < 4.78 is 11.7. The van der Waals surface area contributed by atoms with Crippen LogP contribution in [0.2, 0.25) is 0 Å². The van der Waals surface area contributed by atoms with Crippen molar-refractivity contribution in [1.29, 1.82) is 0 Å². The molecule has 0 radical (unpaired) electrons. The Kier molecular flexibility index (Phi) is 26.2. The first kappa shape index (κ1) is 54.5. The Morgan fingerprint density at radius 2 is 1.17 bits per heavy atom. The third-order valence-electron chi connectivity index (χ3n) is 18.0. The van der Waals surface area contributed by atoms with Crippen LogP contribution in [0.15, 0.2) is 0 Å². The Bertz CT molecular complexity index is 1220. The molecule has 0 aromatic carbocycles. The highest BCUT2D eigenvalue weighted by atomic mass is 16.5. The molecule has 0 aromatic heterocycles. The minimum Gasteiger partial charge on any atom is -0.466 e. The molecule has 368 valence electrons. The van der Waals surface area contributed by atoms with E-state index >= 15 is 0 Å². The van der Waals surface area contributed by atoms with E-state index in [0.29, 0.717) is 42.7 Å². The highest BCUT2D eigenvalue weighted by molar-refractivity contribution is 5.69. The van der Waals surface area contributed by atoms with E-state index in [9.17, 15) is 14.7 Å². The fourth-order valence-corrected chi connectivity index (χ4v) is 14.2. The van der Waals surface area contributed by atoms with Gasteiger partial charge in [0.25, 0.3) is 0 Å². The fraction of sp³-hybridized carbons (Fsp3) is 0.965. The summed E-state index contributed by atoms with van der Waals surface area (Å²) in [6.45, 7) is 18.1. The minimum absolute atomic E-state index is 0.00609. The predicted octanol–water partition coefficient (Wildman–Crippen LogP) is 15.5. The number of aliphatic hydroxyl groups is 1. The number of fused-ring (bicyclic) bond motifs is 5. The molecule has 6 heteroatoms. The maximum absolute atomic E-state index is 13.1. The normalized spacial score (nSPS) is 28.5. The summed E-state index contributed by atoms with van der Waals surface area (Å²) in [6, 6.07) is 0. The summed E-state index contributed by atoms with van der Waals surface area (Å²) in [7, 11) is 0. The molecule has 0 heterocycles. The van der Waals surface area contributed by atoms with Gasteiger partial charge in [0.1, 0.15) is 6.10 Å². The van der Waals surface area contributed by atoms with Crippen LogP contribution in [0.5, 0.6) is 0 Å². The number of carbonyl (C=O) groups is 2.